The van der Waals surface area contributed by atoms with Crippen LogP contribution in [0.25, 0.3) is 0 Å². The minimum absolute atomic E-state index is 0.169. The number of amides is 1. The second-order valence-corrected chi connectivity index (χ2v) is 7.56. The van der Waals surface area contributed by atoms with Crippen LogP contribution >= 0.6 is 11.8 Å². The number of methoxy groups -OCH3 is 1. The van der Waals surface area contributed by atoms with Gasteiger partial charge < -0.3 is 18.9 Å². The van der Waals surface area contributed by atoms with E-state index in [1.165, 1.54) is 18.2 Å². The predicted octanol–water partition coefficient (Wildman–Crippen LogP) is 2.90. The molecule has 1 aromatic carbocycles. The van der Waals surface area contributed by atoms with Gasteiger partial charge in [-0.15, -0.1) is 10.2 Å². The van der Waals surface area contributed by atoms with Gasteiger partial charge in [-0.25, -0.2) is 0 Å². The molecule has 1 aliphatic rings. The molecule has 0 bridgehead atoms. The number of para-hydroxylation sites is 2. The average Bonchev–Trinajstić information content (AvgIpc) is 3.04. The first-order valence-electron chi connectivity index (χ1n) is 9.16. The van der Waals surface area contributed by atoms with Gasteiger partial charge in [-0.2, -0.15) is 0 Å². The molecule has 1 aliphatic heterocycles. The maximum absolute atomic E-state index is 12.5. The first kappa shape index (κ1) is 19.5. The summed E-state index contributed by atoms with van der Waals surface area (Å²) in [6.45, 7) is 3.26. The van der Waals surface area contributed by atoms with Gasteiger partial charge in [0, 0.05) is 19.6 Å². The van der Waals surface area contributed by atoms with Crippen LogP contribution in [-0.2, 0) is 18.4 Å². The lowest BCUT2D eigenvalue weighted by Gasteiger charge is -2.33. The molecule has 146 valence electrons. The summed E-state index contributed by atoms with van der Waals surface area (Å²) in [5.74, 6) is 2.58. The van der Waals surface area contributed by atoms with Crippen molar-refractivity contribution in [3.8, 4) is 11.5 Å². The van der Waals surface area contributed by atoms with E-state index < -0.39 is 0 Å². The van der Waals surface area contributed by atoms with Crippen LogP contribution in [0, 0.1) is 0 Å². The topological polar surface area (TPSA) is 69.5 Å². The van der Waals surface area contributed by atoms with Crippen molar-refractivity contribution in [1.82, 2.24) is 19.7 Å². The van der Waals surface area contributed by atoms with Crippen LogP contribution in [0.3, 0.4) is 0 Å². The molecule has 1 saturated heterocycles. The number of carbonyl (C=O) groups excluding carboxylic acids is 1. The van der Waals surface area contributed by atoms with E-state index in [9.17, 15) is 4.79 Å². The van der Waals surface area contributed by atoms with E-state index in [1.807, 2.05) is 40.8 Å². The molecule has 1 unspecified atom stereocenters. The van der Waals surface area contributed by atoms with Gasteiger partial charge in [0.2, 0.25) is 5.91 Å². The number of ether oxygens (including phenoxy) is 2. The molecule has 1 amide bonds. The molecule has 7 nitrogen and oxygen atoms in total. The molecule has 0 saturated carbocycles. The number of benzene rings is 1. The number of rotatable bonds is 7. The summed E-state index contributed by atoms with van der Waals surface area (Å²) < 4.78 is 13.0. The fourth-order valence-electron chi connectivity index (χ4n) is 3.15. The molecule has 3 rings (SSSR count). The summed E-state index contributed by atoms with van der Waals surface area (Å²) in [6, 6.07) is 7.81. The van der Waals surface area contributed by atoms with Crippen molar-refractivity contribution >= 4 is 17.7 Å². The monoisotopic (exact) mass is 390 g/mol. The van der Waals surface area contributed by atoms with Gasteiger partial charge in [0.25, 0.3) is 0 Å². The lowest BCUT2D eigenvalue weighted by Crippen LogP contribution is -2.42. The Hall–Kier alpha value is -2.22. The smallest absolute Gasteiger partial charge is 0.233 e. The third-order valence-electron chi connectivity index (χ3n) is 4.80. The highest BCUT2D eigenvalue weighted by atomic mass is 32.2. The summed E-state index contributed by atoms with van der Waals surface area (Å²) in [6.07, 6.45) is 3.39. The quantitative estimate of drug-likeness (QED) is 0.677. The number of likely N-dealkylation sites (tertiary alicyclic amines) is 1. The highest BCUT2D eigenvalue weighted by molar-refractivity contribution is 7.99. The molecule has 2 aromatic rings. The van der Waals surface area contributed by atoms with E-state index in [-0.39, 0.29) is 12.5 Å². The molecule has 2 heterocycles. The van der Waals surface area contributed by atoms with Gasteiger partial charge in [0.15, 0.2) is 22.5 Å². The number of nitrogens with zero attached hydrogens (tertiary/aromatic N) is 4. The largest absolute Gasteiger partial charge is 0.493 e. The third kappa shape index (κ3) is 4.74. The lowest BCUT2D eigenvalue weighted by atomic mass is 10.0. The first-order valence-corrected chi connectivity index (χ1v) is 10.1. The van der Waals surface area contributed by atoms with E-state index in [0.717, 1.165) is 19.4 Å². The standard InChI is InChI=1S/C19H26N4O3S/c1-14-8-6-7-11-23(14)18(24)13-27-19-21-20-17(22(19)2)12-26-16-10-5-4-9-15(16)25-3/h4-5,9-10,14H,6-8,11-13H2,1-3H3. The van der Waals surface area contributed by atoms with Crippen LogP contribution < -0.4 is 9.47 Å². The van der Waals surface area contributed by atoms with Gasteiger partial charge in [-0.05, 0) is 38.3 Å². The zero-order chi connectivity index (χ0) is 19.2. The Bertz CT molecular complexity index is 780. The van der Waals surface area contributed by atoms with Gasteiger partial charge in [-0.1, -0.05) is 23.9 Å². The zero-order valence-corrected chi connectivity index (χ0v) is 16.9. The van der Waals surface area contributed by atoms with Crippen molar-refractivity contribution in [2.75, 3.05) is 19.4 Å². The molecule has 1 aromatic heterocycles. The third-order valence-corrected chi connectivity index (χ3v) is 5.80. The number of thioether (sulfide) groups is 1. The normalized spacial score (nSPS) is 17.0. The van der Waals surface area contributed by atoms with Crippen LogP contribution in [0.2, 0.25) is 0 Å². The molecular weight excluding hydrogens is 364 g/mol. The minimum Gasteiger partial charge on any atom is -0.493 e. The van der Waals surface area contributed by atoms with E-state index >= 15 is 0 Å². The Morgan fingerprint density at radius 2 is 2.04 bits per heavy atom. The lowest BCUT2D eigenvalue weighted by molar-refractivity contribution is -0.131. The predicted molar refractivity (Wildman–Crippen MR) is 104 cm³/mol. The van der Waals surface area contributed by atoms with Crippen molar-refractivity contribution in [2.45, 2.75) is 44.0 Å². The summed E-state index contributed by atoms with van der Waals surface area (Å²) >= 11 is 1.42. The fraction of sp³-hybridized carbons (Fsp3) is 0.526. The van der Waals surface area contributed by atoms with Crippen LogP contribution in [0.5, 0.6) is 11.5 Å². The van der Waals surface area contributed by atoms with E-state index in [2.05, 4.69) is 17.1 Å². The Balaban J connectivity index is 1.56. The summed E-state index contributed by atoms with van der Waals surface area (Å²) in [7, 11) is 3.50. The molecule has 0 radical (unpaired) electrons. The maximum Gasteiger partial charge on any atom is 0.233 e. The Kier molecular flexibility index (Phi) is 6.60. The van der Waals surface area contributed by atoms with E-state index in [4.69, 9.17) is 9.47 Å². The molecular formula is C19H26N4O3S. The van der Waals surface area contributed by atoms with Crippen molar-refractivity contribution in [2.24, 2.45) is 7.05 Å². The van der Waals surface area contributed by atoms with Crippen molar-refractivity contribution < 1.29 is 14.3 Å². The van der Waals surface area contributed by atoms with Crippen LogP contribution in [0.1, 0.15) is 32.0 Å². The zero-order valence-electron chi connectivity index (χ0n) is 16.1. The molecule has 0 aliphatic carbocycles. The molecule has 1 fully saturated rings. The van der Waals surface area contributed by atoms with Crippen molar-refractivity contribution in [3.63, 3.8) is 0 Å². The second kappa shape index (κ2) is 9.12. The average molecular weight is 391 g/mol. The summed E-state index contributed by atoms with van der Waals surface area (Å²) in [5.41, 5.74) is 0. The highest BCUT2D eigenvalue weighted by Gasteiger charge is 2.23. The maximum atomic E-state index is 12.5. The van der Waals surface area contributed by atoms with E-state index in [0.29, 0.717) is 34.3 Å². The molecule has 8 heteroatoms. The highest BCUT2D eigenvalue weighted by Crippen LogP contribution is 2.27. The first-order chi connectivity index (χ1) is 13.1. The van der Waals surface area contributed by atoms with Gasteiger partial charge in [0.05, 0.1) is 12.9 Å². The van der Waals surface area contributed by atoms with Crippen LogP contribution in [0.4, 0.5) is 0 Å². The summed E-state index contributed by atoms with van der Waals surface area (Å²) in [5, 5.41) is 9.11. The Morgan fingerprint density at radius 3 is 2.78 bits per heavy atom. The van der Waals surface area contributed by atoms with Gasteiger partial charge >= 0.3 is 0 Å². The van der Waals surface area contributed by atoms with Crippen molar-refractivity contribution in [3.05, 3.63) is 30.1 Å². The fourth-order valence-corrected chi connectivity index (χ4v) is 3.97. The number of carbonyl (C=O) groups is 1. The van der Waals surface area contributed by atoms with Gasteiger partial charge in [0.1, 0.15) is 6.61 Å². The number of hydrogen-bond acceptors (Lipinski definition) is 6. The second-order valence-electron chi connectivity index (χ2n) is 6.62. The Morgan fingerprint density at radius 1 is 1.26 bits per heavy atom. The van der Waals surface area contributed by atoms with Crippen LogP contribution in [0.15, 0.2) is 29.4 Å². The molecule has 0 N–H and O–H groups in total. The Labute approximate surface area is 164 Å². The van der Waals surface area contributed by atoms with Crippen LogP contribution in [-0.4, -0.2) is 51.0 Å². The molecule has 27 heavy (non-hydrogen) atoms. The van der Waals surface area contributed by atoms with Gasteiger partial charge in [-0.3, -0.25) is 4.79 Å². The molecule has 0 spiro atoms. The number of aromatic nitrogens is 3. The number of piperidine rings is 1. The summed E-state index contributed by atoms with van der Waals surface area (Å²) in [4.78, 5) is 14.5. The number of hydrogen-bond donors (Lipinski definition) is 0. The minimum atomic E-state index is 0.169. The SMILES string of the molecule is COc1ccccc1OCc1nnc(SCC(=O)N2CCCCC2C)n1C. The molecule has 1 atom stereocenters. The van der Waals surface area contributed by atoms with E-state index in [1.54, 1.807) is 7.11 Å². The van der Waals surface area contributed by atoms with Crippen molar-refractivity contribution in [1.29, 1.82) is 0 Å².